The van der Waals surface area contributed by atoms with Crippen LogP contribution in [-0.4, -0.2) is 16.2 Å². The molecule has 0 atom stereocenters. The number of aromatic nitrogens is 1. The summed E-state index contributed by atoms with van der Waals surface area (Å²) >= 11 is 0. The van der Waals surface area contributed by atoms with Crippen molar-refractivity contribution in [3.63, 3.8) is 0 Å². The SMILES string of the molecule is C#CCn1cc(CCN)c2cc(O)ccc21. The monoisotopic (exact) mass is 214 g/mol. The average molecular weight is 214 g/mol. The molecule has 0 bridgehead atoms. The molecule has 0 saturated heterocycles. The number of nitrogens with two attached hydrogens (primary N) is 1. The molecule has 2 aromatic rings. The zero-order valence-electron chi connectivity index (χ0n) is 8.98. The number of aromatic hydroxyl groups is 1. The van der Waals surface area contributed by atoms with E-state index in [0.29, 0.717) is 13.1 Å². The van der Waals surface area contributed by atoms with Gasteiger partial charge in [0, 0.05) is 17.1 Å². The van der Waals surface area contributed by atoms with Gasteiger partial charge in [0.25, 0.3) is 0 Å². The minimum atomic E-state index is 0.268. The van der Waals surface area contributed by atoms with Crippen LogP contribution in [-0.2, 0) is 13.0 Å². The summed E-state index contributed by atoms with van der Waals surface area (Å²) in [6.07, 6.45) is 8.12. The molecule has 0 radical (unpaired) electrons. The van der Waals surface area contributed by atoms with Gasteiger partial charge in [-0.2, -0.15) is 0 Å². The summed E-state index contributed by atoms with van der Waals surface area (Å²) in [5.41, 5.74) is 7.73. The molecule has 0 spiro atoms. The first-order valence-corrected chi connectivity index (χ1v) is 5.20. The molecule has 0 fully saturated rings. The van der Waals surface area contributed by atoms with Crippen LogP contribution in [0, 0.1) is 12.3 Å². The minimum Gasteiger partial charge on any atom is -0.508 e. The summed E-state index contributed by atoms with van der Waals surface area (Å²) in [7, 11) is 0. The van der Waals surface area contributed by atoms with E-state index in [-0.39, 0.29) is 5.75 Å². The Labute approximate surface area is 94.5 Å². The van der Waals surface area contributed by atoms with Crippen LogP contribution >= 0.6 is 0 Å². The highest BCUT2D eigenvalue weighted by atomic mass is 16.3. The topological polar surface area (TPSA) is 51.2 Å². The Morgan fingerprint density at radius 2 is 2.25 bits per heavy atom. The Balaban J connectivity index is 2.62. The highest BCUT2D eigenvalue weighted by molar-refractivity contribution is 5.85. The molecule has 2 rings (SSSR count). The fourth-order valence-corrected chi connectivity index (χ4v) is 1.94. The van der Waals surface area contributed by atoms with Crippen LogP contribution in [0.3, 0.4) is 0 Å². The van der Waals surface area contributed by atoms with E-state index < -0.39 is 0 Å². The highest BCUT2D eigenvalue weighted by Gasteiger charge is 2.07. The van der Waals surface area contributed by atoms with Gasteiger partial charge in [0.15, 0.2) is 0 Å². The van der Waals surface area contributed by atoms with E-state index in [1.54, 1.807) is 12.1 Å². The van der Waals surface area contributed by atoms with Gasteiger partial charge in [0.05, 0.1) is 6.54 Å². The third-order valence-corrected chi connectivity index (χ3v) is 2.62. The van der Waals surface area contributed by atoms with Crippen molar-refractivity contribution < 1.29 is 5.11 Å². The predicted octanol–water partition coefficient (Wildman–Crippen LogP) is 1.48. The largest absolute Gasteiger partial charge is 0.508 e. The molecule has 3 N–H and O–H groups in total. The van der Waals surface area contributed by atoms with E-state index in [2.05, 4.69) is 5.92 Å². The third-order valence-electron chi connectivity index (χ3n) is 2.62. The normalized spacial score (nSPS) is 10.5. The van der Waals surface area contributed by atoms with Crippen LogP contribution in [0.2, 0.25) is 0 Å². The van der Waals surface area contributed by atoms with Crippen LogP contribution in [0.4, 0.5) is 0 Å². The Hall–Kier alpha value is -1.92. The summed E-state index contributed by atoms with van der Waals surface area (Å²) in [6, 6.07) is 5.30. The second kappa shape index (κ2) is 4.30. The molecule has 0 saturated carbocycles. The maximum absolute atomic E-state index is 9.48. The molecule has 3 heteroatoms. The standard InChI is InChI=1S/C13H14N2O/c1-2-7-15-9-10(5-6-14)12-8-11(16)3-4-13(12)15/h1,3-4,8-9,16H,5-7,14H2. The van der Waals surface area contributed by atoms with E-state index in [4.69, 9.17) is 12.2 Å². The highest BCUT2D eigenvalue weighted by Crippen LogP contribution is 2.25. The molecule has 0 aliphatic carbocycles. The molecule has 82 valence electrons. The Morgan fingerprint density at radius 1 is 1.44 bits per heavy atom. The fourth-order valence-electron chi connectivity index (χ4n) is 1.94. The number of hydrogen-bond acceptors (Lipinski definition) is 2. The molecule has 3 nitrogen and oxygen atoms in total. The van der Waals surface area contributed by atoms with Crippen molar-refractivity contribution in [2.24, 2.45) is 5.73 Å². The van der Waals surface area contributed by atoms with Crippen LogP contribution in [0.15, 0.2) is 24.4 Å². The van der Waals surface area contributed by atoms with Gasteiger partial charge >= 0.3 is 0 Å². The number of hydrogen-bond donors (Lipinski definition) is 2. The quantitative estimate of drug-likeness (QED) is 0.760. The Kier molecular flexibility index (Phi) is 2.84. The number of fused-ring (bicyclic) bond motifs is 1. The van der Waals surface area contributed by atoms with Gasteiger partial charge in [0.2, 0.25) is 0 Å². The number of benzene rings is 1. The summed E-state index contributed by atoms with van der Waals surface area (Å²) in [4.78, 5) is 0. The molecule has 1 aromatic carbocycles. The number of terminal acetylenes is 1. The summed E-state index contributed by atoms with van der Waals surface area (Å²) in [5, 5.41) is 10.5. The molecular formula is C13H14N2O. The van der Waals surface area contributed by atoms with Gasteiger partial charge in [-0.15, -0.1) is 6.42 Å². The lowest BCUT2D eigenvalue weighted by Crippen LogP contribution is -2.02. The molecule has 0 aliphatic heterocycles. The average Bonchev–Trinajstić information content (AvgIpc) is 2.58. The second-order valence-electron chi connectivity index (χ2n) is 3.73. The van der Waals surface area contributed by atoms with Crippen LogP contribution in [0.25, 0.3) is 10.9 Å². The van der Waals surface area contributed by atoms with E-state index in [1.165, 1.54) is 0 Å². The summed E-state index contributed by atoms with van der Waals surface area (Å²) in [6.45, 7) is 1.12. The Morgan fingerprint density at radius 3 is 2.94 bits per heavy atom. The molecular weight excluding hydrogens is 200 g/mol. The first-order valence-electron chi connectivity index (χ1n) is 5.20. The molecule has 0 aliphatic rings. The zero-order valence-corrected chi connectivity index (χ0v) is 8.98. The lowest BCUT2D eigenvalue weighted by atomic mass is 10.1. The van der Waals surface area contributed by atoms with Crippen molar-refractivity contribution in [3.8, 4) is 18.1 Å². The zero-order chi connectivity index (χ0) is 11.5. The fraction of sp³-hybridized carbons (Fsp3) is 0.231. The van der Waals surface area contributed by atoms with Gasteiger partial charge < -0.3 is 15.4 Å². The van der Waals surface area contributed by atoms with Gasteiger partial charge in [-0.25, -0.2) is 0 Å². The van der Waals surface area contributed by atoms with Gasteiger partial charge in [0.1, 0.15) is 5.75 Å². The number of nitrogens with zero attached hydrogens (tertiary/aromatic N) is 1. The molecule has 1 aromatic heterocycles. The van der Waals surface area contributed by atoms with Gasteiger partial charge in [-0.1, -0.05) is 5.92 Å². The molecule has 1 heterocycles. The second-order valence-corrected chi connectivity index (χ2v) is 3.73. The number of phenols is 1. The van der Waals surface area contributed by atoms with Crippen molar-refractivity contribution in [1.29, 1.82) is 0 Å². The van der Waals surface area contributed by atoms with E-state index in [1.807, 2.05) is 16.8 Å². The van der Waals surface area contributed by atoms with E-state index in [9.17, 15) is 5.11 Å². The van der Waals surface area contributed by atoms with Crippen LogP contribution in [0.1, 0.15) is 5.56 Å². The van der Waals surface area contributed by atoms with Crippen molar-refractivity contribution in [2.45, 2.75) is 13.0 Å². The molecule has 0 amide bonds. The van der Waals surface area contributed by atoms with Crippen LogP contribution < -0.4 is 5.73 Å². The minimum absolute atomic E-state index is 0.268. The van der Waals surface area contributed by atoms with E-state index >= 15 is 0 Å². The van der Waals surface area contributed by atoms with Crippen molar-refractivity contribution in [3.05, 3.63) is 30.0 Å². The number of rotatable bonds is 3. The van der Waals surface area contributed by atoms with Crippen LogP contribution in [0.5, 0.6) is 5.75 Å². The first-order chi connectivity index (χ1) is 7.76. The summed E-state index contributed by atoms with van der Waals surface area (Å²) < 4.78 is 2.00. The maximum atomic E-state index is 9.48. The first kappa shape index (κ1) is 10.6. The lowest BCUT2D eigenvalue weighted by Gasteiger charge is -1.99. The number of phenolic OH excluding ortho intramolecular Hbond substituents is 1. The van der Waals surface area contributed by atoms with Crippen molar-refractivity contribution >= 4 is 10.9 Å². The summed E-state index contributed by atoms with van der Waals surface area (Å²) in [5.74, 6) is 2.88. The lowest BCUT2D eigenvalue weighted by molar-refractivity contribution is 0.476. The predicted molar refractivity (Wildman–Crippen MR) is 65.2 cm³/mol. The van der Waals surface area contributed by atoms with Gasteiger partial charge in [-0.3, -0.25) is 0 Å². The van der Waals surface area contributed by atoms with E-state index in [0.717, 1.165) is 22.9 Å². The maximum Gasteiger partial charge on any atom is 0.116 e. The van der Waals surface area contributed by atoms with Gasteiger partial charge in [-0.05, 0) is 36.7 Å². The third kappa shape index (κ3) is 1.75. The Bertz CT molecular complexity index is 549. The smallest absolute Gasteiger partial charge is 0.116 e. The van der Waals surface area contributed by atoms with Crippen molar-refractivity contribution in [1.82, 2.24) is 4.57 Å². The molecule has 16 heavy (non-hydrogen) atoms. The van der Waals surface area contributed by atoms with Crippen molar-refractivity contribution in [2.75, 3.05) is 6.54 Å². The molecule has 0 unspecified atom stereocenters.